The van der Waals surface area contributed by atoms with Gasteiger partial charge in [0, 0.05) is 10.9 Å². The lowest BCUT2D eigenvalue weighted by Crippen LogP contribution is -2.09. The van der Waals surface area contributed by atoms with E-state index in [9.17, 15) is 8.42 Å². The molecule has 0 spiro atoms. The molecule has 1 saturated carbocycles. The molecule has 110 valence electrons. The summed E-state index contributed by atoms with van der Waals surface area (Å²) in [5, 5.41) is 0.320. The van der Waals surface area contributed by atoms with E-state index in [0.29, 0.717) is 22.1 Å². The van der Waals surface area contributed by atoms with Crippen LogP contribution in [0.15, 0.2) is 53.4 Å². The lowest BCUT2D eigenvalue weighted by molar-refractivity contribution is 0.414. The molecule has 0 bridgehead atoms. The molecule has 0 amide bonds. The maximum atomic E-state index is 12.6. The fraction of sp³-hybridized carbons (Fsp3) is 0.250. The molecule has 0 N–H and O–H groups in total. The molecule has 0 aromatic heterocycles. The Bertz CT molecular complexity index is 736. The summed E-state index contributed by atoms with van der Waals surface area (Å²) in [6, 6.07) is 13.9. The standard InChI is InChI=1S/C16H15ClO3S/c1-20-13-6-8-14(9-7-13)21(18,19)16-10-15(16)11-2-4-12(17)5-3-11/h2-9,15-16H,10H2,1H3/t15-,16+/m1/s1. The zero-order valence-corrected chi connectivity index (χ0v) is 13.1. The Kier molecular flexibility index (Phi) is 3.68. The van der Waals surface area contributed by atoms with Crippen molar-refractivity contribution in [3.8, 4) is 5.75 Å². The minimum atomic E-state index is -3.29. The molecular weight excluding hydrogens is 308 g/mol. The molecule has 5 heteroatoms. The Hall–Kier alpha value is -1.52. The molecule has 0 heterocycles. The second-order valence-corrected chi connectivity index (χ2v) is 7.76. The van der Waals surface area contributed by atoms with Crippen molar-refractivity contribution in [2.75, 3.05) is 7.11 Å². The summed E-state index contributed by atoms with van der Waals surface area (Å²) in [7, 11) is -1.73. The van der Waals surface area contributed by atoms with Crippen molar-refractivity contribution >= 4 is 21.4 Å². The van der Waals surface area contributed by atoms with Crippen LogP contribution in [0.1, 0.15) is 17.9 Å². The zero-order valence-electron chi connectivity index (χ0n) is 11.5. The third kappa shape index (κ3) is 2.78. The van der Waals surface area contributed by atoms with Gasteiger partial charge in [-0.1, -0.05) is 23.7 Å². The van der Waals surface area contributed by atoms with Crippen molar-refractivity contribution in [2.24, 2.45) is 0 Å². The molecule has 3 rings (SSSR count). The third-order valence-corrected chi connectivity index (χ3v) is 6.32. The number of rotatable bonds is 4. The van der Waals surface area contributed by atoms with E-state index in [0.717, 1.165) is 5.56 Å². The molecular formula is C16H15ClO3S. The molecule has 1 aliphatic carbocycles. The van der Waals surface area contributed by atoms with Crippen molar-refractivity contribution in [3.05, 3.63) is 59.1 Å². The first-order valence-corrected chi connectivity index (χ1v) is 8.58. The summed E-state index contributed by atoms with van der Waals surface area (Å²) >= 11 is 5.86. The highest BCUT2D eigenvalue weighted by atomic mass is 35.5. The average Bonchev–Trinajstić information content (AvgIpc) is 3.29. The second kappa shape index (κ2) is 5.35. The van der Waals surface area contributed by atoms with E-state index in [2.05, 4.69) is 0 Å². The molecule has 3 nitrogen and oxygen atoms in total. The molecule has 21 heavy (non-hydrogen) atoms. The van der Waals surface area contributed by atoms with Crippen LogP contribution >= 0.6 is 11.6 Å². The molecule has 0 unspecified atom stereocenters. The SMILES string of the molecule is COc1ccc(S(=O)(=O)[C@H]2C[C@@H]2c2ccc(Cl)cc2)cc1. The summed E-state index contributed by atoms with van der Waals surface area (Å²) < 4.78 is 30.2. The van der Waals surface area contributed by atoms with E-state index in [1.54, 1.807) is 43.5 Å². The number of methoxy groups -OCH3 is 1. The predicted octanol–water partition coefficient (Wildman–Crippen LogP) is 3.68. The highest BCUT2D eigenvalue weighted by Crippen LogP contribution is 2.48. The van der Waals surface area contributed by atoms with Gasteiger partial charge in [-0.3, -0.25) is 0 Å². The van der Waals surface area contributed by atoms with Crippen LogP contribution < -0.4 is 4.74 Å². The molecule has 0 aliphatic heterocycles. The van der Waals surface area contributed by atoms with Gasteiger partial charge in [0.2, 0.25) is 0 Å². The largest absolute Gasteiger partial charge is 0.497 e. The smallest absolute Gasteiger partial charge is 0.181 e. The Morgan fingerprint density at radius 3 is 2.24 bits per heavy atom. The van der Waals surface area contributed by atoms with Gasteiger partial charge < -0.3 is 4.74 Å². The summed E-state index contributed by atoms with van der Waals surface area (Å²) in [5.74, 6) is 0.716. The molecule has 0 radical (unpaired) electrons. The maximum Gasteiger partial charge on any atom is 0.181 e. The Labute approximate surface area is 129 Å². The molecule has 1 aliphatic rings. The van der Waals surface area contributed by atoms with Crippen molar-refractivity contribution in [1.29, 1.82) is 0 Å². The average molecular weight is 323 g/mol. The minimum absolute atomic E-state index is 0.0642. The maximum absolute atomic E-state index is 12.6. The van der Waals surface area contributed by atoms with Gasteiger partial charge >= 0.3 is 0 Å². The van der Waals surface area contributed by atoms with Gasteiger partial charge in [0.15, 0.2) is 9.84 Å². The topological polar surface area (TPSA) is 43.4 Å². The highest BCUT2D eigenvalue weighted by Gasteiger charge is 2.48. The lowest BCUT2D eigenvalue weighted by atomic mass is 10.1. The van der Waals surface area contributed by atoms with Crippen LogP contribution in [-0.4, -0.2) is 20.8 Å². The zero-order chi connectivity index (χ0) is 15.0. The van der Waals surface area contributed by atoms with Crippen LogP contribution in [0.3, 0.4) is 0 Å². The van der Waals surface area contributed by atoms with Crippen molar-refractivity contribution in [2.45, 2.75) is 22.5 Å². The fourth-order valence-corrected chi connectivity index (χ4v) is 4.56. The van der Waals surface area contributed by atoms with Crippen molar-refractivity contribution in [3.63, 3.8) is 0 Å². The molecule has 0 saturated heterocycles. The van der Waals surface area contributed by atoms with Crippen LogP contribution in [0, 0.1) is 0 Å². The number of halogens is 1. The molecule has 2 aromatic rings. The van der Waals surface area contributed by atoms with Crippen molar-refractivity contribution < 1.29 is 13.2 Å². The van der Waals surface area contributed by atoms with Gasteiger partial charge in [0.25, 0.3) is 0 Å². The van der Waals surface area contributed by atoms with E-state index >= 15 is 0 Å². The van der Waals surface area contributed by atoms with Crippen LogP contribution in [0.25, 0.3) is 0 Å². The fourth-order valence-electron chi connectivity index (χ4n) is 2.52. The van der Waals surface area contributed by atoms with Crippen LogP contribution in [0.4, 0.5) is 0 Å². The summed E-state index contributed by atoms with van der Waals surface area (Å²) in [6.45, 7) is 0. The number of hydrogen-bond donors (Lipinski definition) is 0. The van der Waals surface area contributed by atoms with E-state index in [4.69, 9.17) is 16.3 Å². The third-order valence-electron chi connectivity index (χ3n) is 3.82. The first-order chi connectivity index (χ1) is 10.0. The van der Waals surface area contributed by atoms with Gasteiger partial charge in [-0.15, -0.1) is 0 Å². The molecule has 2 atom stereocenters. The number of ether oxygens (including phenoxy) is 1. The monoisotopic (exact) mass is 322 g/mol. The normalized spacial score (nSPS) is 21.0. The quantitative estimate of drug-likeness (QED) is 0.862. The van der Waals surface area contributed by atoms with Gasteiger partial charge in [0.1, 0.15) is 5.75 Å². The lowest BCUT2D eigenvalue weighted by Gasteiger charge is -2.06. The van der Waals surface area contributed by atoms with E-state index in [1.807, 2.05) is 12.1 Å². The first kappa shape index (κ1) is 14.4. The summed E-state index contributed by atoms with van der Waals surface area (Å²) in [5.41, 5.74) is 1.03. The minimum Gasteiger partial charge on any atom is -0.497 e. The van der Waals surface area contributed by atoms with E-state index < -0.39 is 9.84 Å². The number of hydrogen-bond acceptors (Lipinski definition) is 3. The van der Waals surface area contributed by atoms with Gasteiger partial charge in [-0.05, 0) is 48.4 Å². The Morgan fingerprint density at radius 2 is 1.67 bits per heavy atom. The van der Waals surface area contributed by atoms with Gasteiger partial charge in [-0.2, -0.15) is 0 Å². The van der Waals surface area contributed by atoms with Crippen LogP contribution in [-0.2, 0) is 9.84 Å². The van der Waals surface area contributed by atoms with E-state index in [1.165, 1.54) is 0 Å². The Balaban J connectivity index is 1.82. The second-order valence-electron chi connectivity index (χ2n) is 5.15. The first-order valence-electron chi connectivity index (χ1n) is 6.66. The van der Waals surface area contributed by atoms with Gasteiger partial charge in [0.05, 0.1) is 17.3 Å². The number of benzene rings is 2. The van der Waals surface area contributed by atoms with Crippen molar-refractivity contribution in [1.82, 2.24) is 0 Å². The molecule has 2 aromatic carbocycles. The van der Waals surface area contributed by atoms with Gasteiger partial charge in [-0.25, -0.2) is 8.42 Å². The summed E-state index contributed by atoms with van der Waals surface area (Å²) in [4.78, 5) is 0.352. The highest BCUT2D eigenvalue weighted by molar-refractivity contribution is 7.92. The molecule has 1 fully saturated rings. The van der Waals surface area contributed by atoms with Crippen LogP contribution in [0.2, 0.25) is 5.02 Å². The number of sulfone groups is 1. The van der Waals surface area contributed by atoms with E-state index in [-0.39, 0.29) is 11.2 Å². The Morgan fingerprint density at radius 1 is 1.05 bits per heavy atom. The summed E-state index contributed by atoms with van der Waals surface area (Å²) in [6.07, 6.45) is 0.663. The predicted molar refractivity (Wildman–Crippen MR) is 82.8 cm³/mol. The van der Waals surface area contributed by atoms with Crippen LogP contribution in [0.5, 0.6) is 5.75 Å².